The van der Waals surface area contributed by atoms with Crippen LogP contribution in [0.3, 0.4) is 0 Å². The fourth-order valence-corrected chi connectivity index (χ4v) is 3.75. The molecular weight excluding hydrogens is 336 g/mol. The predicted octanol–water partition coefficient (Wildman–Crippen LogP) is 3.24. The van der Waals surface area contributed by atoms with Crippen molar-refractivity contribution in [1.82, 2.24) is 14.5 Å². The van der Waals surface area contributed by atoms with Crippen molar-refractivity contribution in [3.05, 3.63) is 51.5 Å². The number of amides is 1. The Bertz CT molecular complexity index is 1020. The van der Waals surface area contributed by atoms with E-state index in [1.807, 2.05) is 11.4 Å². The maximum Gasteiger partial charge on any atom is 0.262 e. The van der Waals surface area contributed by atoms with Crippen molar-refractivity contribution in [3.63, 3.8) is 0 Å². The van der Waals surface area contributed by atoms with Gasteiger partial charge in [0.05, 0.1) is 16.6 Å². The van der Waals surface area contributed by atoms with E-state index in [1.165, 1.54) is 28.7 Å². The Balaban J connectivity index is 1.63. The van der Waals surface area contributed by atoms with Crippen LogP contribution >= 0.6 is 11.3 Å². The topological polar surface area (TPSA) is 76.9 Å². The van der Waals surface area contributed by atoms with Crippen LogP contribution in [0.4, 0.5) is 5.13 Å². The number of para-hydroxylation sites is 1. The molecule has 3 aromatic rings. The Morgan fingerprint density at radius 2 is 2.08 bits per heavy atom. The number of thiazole rings is 1. The van der Waals surface area contributed by atoms with E-state index in [2.05, 4.69) is 15.3 Å². The van der Waals surface area contributed by atoms with E-state index < -0.39 is 6.04 Å². The van der Waals surface area contributed by atoms with Crippen LogP contribution in [0.15, 0.2) is 34.4 Å². The summed E-state index contributed by atoms with van der Waals surface area (Å²) in [5.41, 5.74) is 1.49. The minimum Gasteiger partial charge on any atom is -0.300 e. The first-order valence-electron chi connectivity index (χ1n) is 8.29. The molecule has 2 heterocycles. The highest BCUT2D eigenvalue weighted by molar-refractivity contribution is 7.13. The number of aromatic nitrogens is 3. The number of carbonyl (C=O) groups excluding carboxylic acids is 1. The molecule has 1 amide bonds. The molecule has 0 bridgehead atoms. The molecule has 128 valence electrons. The average Bonchev–Trinajstić information content (AvgIpc) is 3.34. The molecule has 0 spiro atoms. The highest BCUT2D eigenvalue weighted by atomic mass is 32.1. The molecule has 1 atom stereocenters. The Morgan fingerprint density at radius 1 is 1.32 bits per heavy atom. The molecule has 6 nitrogen and oxygen atoms in total. The quantitative estimate of drug-likeness (QED) is 0.780. The number of fused-ring (bicyclic) bond motifs is 1. The lowest BCUT2D eigenvalue weighted by Crippen LogP contribution is -2.33. The van der Waals surface area contributed by atoms with Crippen molar-refractivity contribution in [2.45, 2.75) is 38.6 Å². The molecule has 1 aliphatic carbocycles. The molecule has 1 fully saturated rings. The monoisotopic (exact) mass is 354 g/mol. The number of aryl methyl sites for hydroxylation is 1. The van der Waals surface area contributed by atoms with Gasteiger partial charge in [0.1, 0.15) is 11.9 Å². The Kier molecular flexibility index (Phi) is 3.88. The maximum absolute atomic E-state index is 12.8. The van der Waals surface area contributed by atoms with Crippen LogP contribution in [0.25, 0.3) is 10.9 Å². The zero-order chi connectivity index (χ0) is 17.6. The van der Waals surface area contributed by atoms with Gasteiger partial charge in [-0.2, -0.15) is 0 Å². The number of anilines is 1. The highest BCUT2D eigenvalue weighted by Crippen LogP contribution is 2.40. The first kappa shape index (κ1) is 16.0. The lowest BCUT2D eigenvalue weighted by Gasteiger charge is -2.17. The number of hydrogen-bond acceptors (Lipinski definition) is 5. The molecule has 0 radical (unpaired) electrons. The fraction of sp³-hybridized carbons (Fsp3) is 0.333. The van der Waals surface area contributed by atoms with E-state index in [1.54, 1.807) is 32.0 Å². The van der Waals surface area contributed by atoms with Crippen LogP contribution in [0.1, 0.15) is 43.2 Å². The minimum absolute atomic E-state index is 0.205. The van der Waals surface area contributed by atoms with Crippen LogP contribution in [0, 0.1) is 6.92 Å². The van der Waals surface area contributed by atoms with Crippen LogP contribution < -0.4 is 10.9 Å². The molecule has 2 aromatic heterocycles. The van der Waals surface area contributed by atoms with Gasteiger partial charge in [0.25, 0.3) is 5.56 Å². The molecule has 1 saturated carbocycles. The van der Waals surface area contributed by atoms with E-state index in [-0.39, 0.29) is 11.5 Å². The van der Waals surface area contributed by atoms with Crippen LogP contribution in [0.5, 0.6) is 0 Å². The van der Waals surface area contributed by atoms with E-state index >= 15 is 0 Å². The summed E-state index contributed by atoms with van der Waals surface area (Å²) >= 11 is 1.42. The van der Waals surface area contributed by atoms with Gasteiger partial charge in [-0.1, -0.05) is 12.1 Å². The van der Waals surface area contributed by atoms with Crippen LogP contribution in [-0.4, -0.2) is 20.4 Å². The van der Waals surface area contributed by atoms with Gasteiger partial charge in [-0.15, -0.1) is 11.3 Å². The SMILES string of the molecule is Cc1nc2ccccc2c(=O)n1[C@H](C)C(=O)Nc1nc(C2CC2)cs1. The van der Waals surface area contributed by atoms with Gasteiger partial charge in [-0.05, 0) is 38.8 Å². The summed E-state index contributed by atoms with van der Waals surface area (Å²) in [4.78, 5) is 34.3. The average molecular weight is 354 g/mol. The normalized spacial score (nSPS) is 15.3. The molecule has 25 heavy (non-hydrogen) atoms. The highest BCUT2D eigenvalue weighted by Gasteiger charge is 2.27. The van der Waals surface area contributed by atoms with Gasteiger partial charge in [0.2, 0.25) is 5.91 Å². The van der Waals surface area contributed by atoms with Gasteiger partial charge in [0.15, 0.2) is 5.13 Å². The second-order valence-electron chi connectivity index (χ2n) is 6.37. The molecule has 0 aliphatic heterocycles. The standard InChI is InChI=1S/C18H18N4O2S/c1-10(16(23)21-18-20-15(9-25-18)12-7-8-12)22-11(2)19-14-6-4-3-5-13(14)17(22)24/h3-6,9-10,12H,7-8H2,1-2H3,(H,20,21,23)/t10-/m1/s1. The third-order valence-electron chi connectivity index (χ3n) is 4.50. The second-order valence-corrected chi connectivity index (χ2v) is 7.23. The van der Waals surface area contributed by atoms with Crippen molar-refractivity contribution in [2.75, 3.05) is 5.32 Å². The lowest BCUT2D eigenvalue weighted by atomic mass is 10.2. The maximum atomic E-state index is 12.8. The van der Waals surface area contributed by atoms with Crippen LogP contribution in [0.2, 0.25) is 0 Å². The first-order chi connectivity index (χ1) is 12.0. The third-order valence-corrected chi connectivity index (χ3v) is 5.27. The number of carbonyl (C=O) groups is 1. The van der Waals surface area contributed by atoms with Crippen molar-refractivity contribution < 1.29 is 4.79 Å². The summed E-state index contributed by atoms with van der Waals surface area (Å²) < 4.78 is 1.44. The molecule has 4 rings (SSSR count). The molecule has 1 aliphatic rings. The summed E-state index contributed by atoms with van der Waals surface area (Å²) in [7, 11) is 0. The molecular formula is C18H18N4O2S. The lowest BCUT2D eigenvalue weighted by molar-refractivity contribution is -0.118. The van der Waals surface area contributed by atoms with Crippen molar-refractivity contribution >= 4 is 33.3 Å². The summed E-state index contributed by atoms with van der Waals surface area (Å²) in [5.74, 6) is 0.803. The van der Waals surface area contributed by atoms with Crippen molar-refractivity contribution in [1.29, 1.82) is 0 Å². The summed E-state index contributed by atoms with van der Waals surface area (Å²) in [6, 6.07) is 6.50. The predicted molar refractivity (Wildman–Crippen MR) is 98.2 cm³/mol. The Hall–Kier alpha value is -2.54. The van der Waals surface area contributed by atoms with Gasteiger partial charge in [0, 0.05) is 11.3 Å². The number of benzene rings is 1. The Morgan fingerprint density at radius 3 is 2.84 bits per heavy atom. The number of nitrogens with zero attached hydrogens (tertiary/aromatic N) is 3. The third kappa shape index (κ3) is 2.95. The molecule has 0 saturated heterocycles. The Labute approximate surface area is 148 Å². The van der Waals surface area contributed by atoms with Crippen LogP contribution in [-0.2, 0) is 4.79 Å². The van der Waals surface area contributed by atoms with Gasteiger partial charge in [-0.25, -0.2) is 9.97 Å². The molecule has 1 aromatic carbocycles. The molecule has 1 N–H and O–H groups in total. The number of hydrogen-bond donors (Lipinski definition) is 1. The van der Waals surface area contributed by atoms with Gasteiger partial charge >= 0.3 is 0 Å². The van der Waals surface area contributed by atoms with Gasteiger partial charge < -0.3 is 5.32 Å². The zero-order valence-electron chi connectivity index (χ0n) is 14.0. The summed E-state index contributed by atoms with van der Waals surface area (Å²) in [6.07, 6.45) is 2.34. The van der Waals surface area contributed by atoms with E-state index in [0.29, 0.717) is 27.8 Å². The van der Waals surface area contributed by atoms with Gasteiger partial charge in [-0.3, -0.25) is 14.2 Å². The smallest absolute Gasteiger partial charge is 0.262 e. The molecule has 0 unspecified atom stereocenters. The van der Waals surface area contributed by atoms with E-state index in [4.69, 9.17) is 0 Å². The van der Waals surface area contributed by atoms with E-state index in [9.17, 15) is 9.59 Å². The van der Waals surface area contributed by atoms with Crippen molar-refractivity contribution in [3.8, 4) is 0 Å². The van der Waals surface area contributed by atoms with E-state index in [0.717, 1.165) is 5.69 Å². The zero-order valence-corrected chi connectivity index (χ0v) is 14.8. The minimum atomic E-state index is -0.669. The van der Waals surface area contributed by atoms with Crippen molar-refractivity contribution in [2.24, 2.45) is 0 Å². The summed E-state index contributed by atoms with van der Waals surface area (Å²) in [6.45, 7) is 3.45. The summed E-state index contributed by atoms with van der Waals surface area (Å²) in [5, 5.41) is 5.91. The first-order valence-corrected chi connectivity index (χ1v) is 9.16. The fourth-order valence-electron chi connectivity index (χ4n) is 2.95. The largest absolute Gasteiger partial charge is 0.300 e. The number of nitrogens with one attached hydrogen (secondary N) is 1. The second kappa shape index (κ2) is 6.07. The number of rotatable bonds is 4. The molecule has 7 heteroatoms.